The van der Waals surface area contributed by atoms with Crippen molar-refractivity contribution in [2.75, 3.05) is 7.05 Å². The third kappa shape index (κ3) is 4.14. The summed E-state index contributed by atoms with van der Waals surface area (Å²) in [6.45, 7) is 2.00. The van der Waals surface area contributed by atoms with Crippen LogP contribution in [0.2, 0.25) is 10.0 Å². The van der Waals surface area contributed by atoms with Gasteiger partial charge in [0.1, 0.15) is 5.01 Å². The SMILES string of the molecule is CC(c1nc2ccccc2s1)N(C)C(=O)CCc1ccc(Cl)cc1Cl. The van der Waals surface area contributed by atoms with Gasteiger partial charge in [0.15, 0.2) is 0 Å². The second-order valence-electron chi connectivity index (χ2n) is 5.94. The molecule has 1 amide bonds. The lowest BCUT2D eigenvalue weighted by Gasteiger charge is -2.23. The van der Waals surface area contributed by atoms with Gasteiger partial charge in [-0.1, -0.05) is 41.4 Å². The lowest BCUT2D eigenvalue weighted by Crippen LogP contribution is -2.29. The predicted octanol–water partition coefficient (Wildman–Crippen LogP) is 5.76. The van der Waals surface area contributed by atoms with Crippen molar-refractivity contribution in [3.8, 4) is 0 Å². The van der Waals surface area contributed by atoms with Gasteiger partial charge in [-0.2, -0.15) is 0 Å². The van der Waals surface area contributed by atoms with Crippen LogP contribution in [0.1, 0.15) is 30.0 Å². The second kappa shape index (κ2) is 7.73. The van der Waals surface area contributed by atoms with Crippen molar-refractivity contribution in [3.05, 3.63) is 63.1 Å². The Bertz CT molecular complexity index is 876. The summed E-state index contributed by atoms with van der Waals surface area (Å²) in [4.78, 5) is 19.0. The summed E-state index contributed by atoms with van der Waals surface area (Å²) < 4.78 is 1.14. The van der Waals surface area contributed by atoms with Gasteiger partial charge in [0, 0.05) is 23.5 Å². The van der Waals surface area contributed by atoms with Crippen molar-refractivity contribution in [3.63, 3.8) is 0 Å². The number of para-hydroxylation sites is 1. The number of benzene rings is 2. The number of fused-ring (bicyclic) bond motifs is 1. The van der Waals surface area contributed by atoms with E-state index >= 15 is 0 Å². The Morgan fingerprint density at radius 1 is 1.24 bits per heavy atom. The number of aryl methyl sites for hydroxylation is 1. The number of hydrogen-bond acceptors (Lipinski definition) is 3. The van der Waals surface area contributed by atoms with Gasteiger partial charge in [-0.15, -0.1) is 11.3 Å². The normalized spacial score (nSPS) is 12.3. The van der Waals surface area contributed by atoms with Gasteiger partial charge in [-0.25, -0.2) is 4.98 Å². The number of nitrogens with zero attached hydrogens (tertiary/aromatic N) is 2. The standard InChI is InChI=1S/C19H18Cl2N2OS/c1-12(19-22-16-5-3-4-6-17(16)25-19)23(2)18(24)10-8-13-7-9-14(20)11-15(13)21/h3-7,9,11-12H,8,10H2,1-2H3. The van der Waals surface area contributed by atoms with E-state index in [2.05, 4.69) is 4.98 Å². The van der Waals surface area contributed by atoms with Crippen LogP contribution in [0.4, 0.5) is 0 Å². The maximum absolute atomic E-state index is 12.6. The molecule has 1 aromatic heterocycles. The van der Waals surface area contributed by atoms with E-state index in [4.69, 9.17) is 23.2 Å². The lowest BCUT2D eigenvalue weighted by atomic mass is 10.1. The Labute approximate surface area is 161 Å². The monoisotopic (exact) mass is 392 g/mol. The minimum Gasteiger partial charge on any atom is -0.337 e. The number of halogens is 2. The Balaban J connectivity index is 1.66. The molecule has 3 nitrogen and oxygen atoms in total. The minimum absolute atomic E-state index is 0.0643. The largest absolute Gasteiger partial charge is 0.337 e. The van der Waals surface area contributed by atoms with Gasteiger partial charge in [0.2, 0.25) is 5.91 Å². The van der Waals surface area contributed by atoms with E-state index in [9.17, 15) is 4.79 Å². The van der Waals surface area contributed by atoms with Crippen LogP contribution in [0.5, 0.6) is 0 Å². The molecule has 0 spiro atoms. The zero-order chi connectivity index (χ0) is 18.0. The van der Waals surface area contributed by atoms with Crippen LogP contribution in [0.15, 0.2) is 42.5 Å². The van der Waals surface area contributed by atoms with Crippen molar-refractivity contribution >= 4 is 50.7 Å². The molecular weight excluding hydrogens is 375 g/mol. The van der Waals surface area contributed by atoms with Gasteiger partial charge in [-0.05, 0) is 43.2 Å². The molecular formula is C19H18Cl2N2OS. The summed E-state index contributed by atoms with van der Waals surface area (Å²) in [5.74, 6) is 0.0674. The first-order valence-corrected chi connectivity index (χ1v) is 9.58. The molecule has 130 valence electrons. The van der Waals surface area contributed by atoms with Crippen LogP contribution in [0, 0.1) is 0 Å². The van der Waals surface area contributed by atoms with Gasteiger partial charge in [0.25, 0.3) is 0 Å². The highest BCUT2D eigenvalue weighted by molar-refractivity contribution is 7.18. The van der Waals surface area contributed by atoms with Gasteiger partial charge < -0.3 is 4.90 Å². The summed E-state index contributed by atoms with van der Waals surface area (Å²) in [5.41, 5.74) is 1.91. The minimum atomic E-state index is -0.0643. The maximum Gasteiger partial charge on any atom is 0.223 e. The number of thiazole rings is 1. The van der Waals surface area contributed by atoms with Crippen molar-refractivity contribution in [2.45, 2.75) is 25.8 Å². The first-order chi connectivity index (χ1) is 12.0. The molecule has 0 N–H and O–H groups in total. The van der Waals surface area contributed by atoms with Crippen LogP contribution in [0.25, 0.3) is 10.2 Å². The van der Waals surface area contributed by atoms with Gasteiger partial charge in [0.05, 0.1) is 16.3 Å². The average Bonchev–Trinajstić information content (AvgIpc) is 3.03. The molecule has 0 aliphatic rings. The van der Waals surface area contributed by atoms with Crippen molar-refractivity contribution in [2.24, 2.45) is 0 Å². The molecule has 0 fully saturated rings. The topological polar surface area (TPSA) is 33.2 Å². The van der Waals surface area contributed by atoms with Crippen molar-refractivity contribution in [1.29, 1.82) is 0 Å². The predicted molar refractivity (Wildman–Crippen MR) is 106 cm³/mol. The van der Waals surface area contributed by atoms with Crippen LogP contribution in [-0.4, -0.2) is 22.8 Å². The highest BCUT2D eigenvalue weighted by Gasteiger charge is 2.20. The summed E-state index contributed by atoms with van der Waals surface area (Å²) in [7, 11) is 1.82. The summed E-state index contributed by atoms with van der Waals surface area (Å²) >= 11 is 13.7. The third-order valence-corrected chi connectivity index (χ3v) is 6.06. The van der Waals surface area contributed by atoms with E-state index in [0.717, 1.165) is 20.8 Å². The Morgan fingerprint density at radius 3 is 2.72 bits per heavy atom. The zero-order valence-corrected chi connectivity index (χ0v) is 16.3. The molecule has 1 unspecified atom stereocenters. The molecule has 3 aromatic rings. The fourth-order valence-electron chi connectivity index (χ4n) is 2.59. The fourth-order valence-corrected chi connectivity index (χ4v) is 4.16. The van der Waals surface area contributed by atoms with Crippen molar-refractivity contribution in [1.82, 2.24) is 9.88 Å². The summed E-state index contributed by atoms with van der Waals surface area (Å²) in [6, 6.07) is 13.3. The number of carbonyl (C=O) groups is 1. The van der Waals surface area contributed by atoms with E-state index < -0.39 is 0 Å². The number of aromatic nitrogens is 1. The molecule has 1 atom stereocenters. The smallest absolute Gasteiger partial charge is 0.223 e. The molecule has 0 bridgehead atoms. The van der Waals surface area contributed by atoms with Crippen LogP contribution >= 0.6 is 34.5 Å². The number of carbonyl (C=O) groups excluding carboxylic acids is 1. The highest BCUT2D eigenvalue weighted by atomic mass is 35.5. The molecule has 1 heterocycles. The molecule has 0 aliphatic heterocycles. The Kier molecular flexibility index (Phi) is 5.62. The fraction of sp³-hybridized carbons (Fsp3) is 0.263. The quantitative estimate of drug-likeness (QED) is 0.553. The van der Waals surface area contributed by atoms with Gasteiger partial charge in [-0.3, -0.25) is 4.79 Å². The Hall–Kier alpha value is -1.62. The average molecular weight is 393 g/mol. The lowest BCUT2D eigenvalue weighted by molar-refractivity contribution is -0.131. The first-order valence-electron chi connectivity index (χ1n) is 8.01. The molecule has 6 heteroatoms. The molecule has 25 heavy (non-hydrogen) atoms. The number of amides is 1. The zero-order valence-electron chi connectivity index (χ0n) is 14.0. The molecule has 2 aromatic carbocycles. The molecule has 3 rings (SSSR count). The summed E-state index contributed by atoms with van der Waals surface area (Å²) in [5, 5.41) is 2.14. The molecule has 0 aliphatic carbocycles. The maximum atomic E-state index is 12.6. The number of hydrogen-bond donors (Lipinski definition) is 0. The van der Waals surface area contributed by atoms with Crippen LogP contribution < -0.4 is 0 Å². The van der Waals surface area contributed by atoms with E-state index in [-0.39, 0.29) is 11.9 Å². The number of rotatable bonds is 5. The second-order valence-corrected chi connectivity index (χ2v) is 7.84. The highest BCUT2D eigenvalue weighted by Crippen LogP contribution is 2.29. The van der Waals surface area contributed by atoms with E-state index in [1.165, 1.54) is 0 Å². The Morgan fingerprint density at radius 2 is 2.00 bits per heavy atom. The van der Waals surface area contributed by atoms with Crippen molar-refractivity contribution < 1.29 is 4.79 Å². The van der Waals surface area contributed by atoms with E-state index in [1.807, 2.05) is 44.3 Å². The van der Waals surface area contributed by atoms with E-state index in [1.54, 1.807) is 28.4 Å². The van der Waals surface area contributed by atoms with Crippen LogP contribution in [-0.2, 0) is 11.2 Å². The van der Waals surface area contributed by atoms with Crippen LogP contribution in [0.3, 0.4) is 0 Å². The first kappa shape index (κ1) is 18.2. The molecule has 0 radical (unpaired) electrons. The molecule has 0 saturated carbocycles. The van der Waals surface area contributed by atoms with Gasteiger partial charge >= 0.3 is 0 Å². The summed E-state index contributed by atoms with van der Waals surface area (Å²) in [6.07, 6.45) is 0.985. The third-order valence-electron chi connectivity index (χ3n) is 4.27. The van der Waals surface area contributed by atoms with E-state index in [0.29, 0.717) is 22.9 Å². The molecule has 0 saturated heterocycles.